The minimum atomic E-state index is -0.109. The maximum atomic E-state index is 12.2. The SMILES string of the molecule is O=C(NCCc1ccc(-c2ccoc2)s1)c1nc2ccccc2s1. The van der Waals surface area contributed by atoms with E-state index in [0.717, 1.165) is 22.2 Å². The molecular weight excluding hydrogens is 340 g/mol. The van der Waals surface area contributed by atoms with Crippen molar-refractivity contribution in [3.63, 3.8) is 0 Å². The second-order valence-electron chi connectivity index (χ2n) is 5.27. The zero-order valence-electron chi connectivity index (χ0n) is 12.7. The molecular formula is C18H14N2O2S2. The number of carbonyl (C=O) groups is 1. The molecule has 1 N–H and O–H groups in total. The van der Waals surface area contributed by atoms with E-state index in [1.807, 2.05) is 30.3 Å². The van der Waals surface area contributed by atoms with Crippen LogP contribution < -0.4 is 5.32 Å². The van der Waals surface area contributed by atoms with E-state index in [0.29, 0.717) is 11.6 Å². The third-order valence-corrected chi connectivity index (χ3v) is 5.84. The van der Waals surface area contributed by atoms with E-state index in [1.54, 1.807) is 23.9 Å². The highest BCUT2D eigenvalue weighted by molar-refractivity contribution is 7.20. The van der Waals surface area contributed by atoms with Gasteiger partial charge in [0.15, 0.2) is 5.01 Å². The number of para-hydroxylation sites is 1. The number of thiophene rings is 1. The number of rotatable bonds is 5. The van der Waals surface area contributed by atoms with Gasteiger partial charge < -0.3 is 9.73 Å². The lowest BCUT2D eigenvalue weighted by Gasteiger charge is -2.01. The standard InChI is InChI=1S/C18H14N2O2S2/c21-17(18-20-14-3-1-2-4-16(14)24-18)19-9-7-13-5-6-15(23-13)12-8-10-22-11-12/h1-6,8,10-11H,7,9H2,(H,19,21). The van der Waals surface area contributed by atoms with Gasteiger partial charge in [0.2, 0.25) is 0 Å². The van der Waals surface area contributed by atoms with Gasteiger partial charge in [0.1, 0.15) is 0 Å². The first-order valence-corrected chi connectivity index (χ1v) is 9.18. The minimum absolute atomic E-state index is 0.109. The van der Waals surface area contributed by atoms with Gasteiger partial charge in [0, 0.05) is 21.9 Å². The molecule has 0 aliphatic carbocycles. The van der Waals surface area contributed by atoms with Crippen molar-refractivity contribution in [1.82, 2.24) is 10.3 Å². The molecule has 4 nitrogen and oxygen atoms in total. The first kappa shape index (κ1) is 15.1. The van der Waals surface area contributed by atoms with E-state index in [4.69, 9.17) is 4.42 Å². The highest BCUT2D eigenvalue weighted by Gasteiger charge is 2.11. The number of nitrogens with one attached hydrogen (secondary N) is 1. The largest absolute Gasteiger partial charge is 0.472 e. The Balaban J connectivity index is 1.36. The summed E-state index contributed by atoms with van der Waals surface area (Å²) in [5.41, 5.74) is 1.96. The molecule has 0 aliphatic rings. The molecule has 0 aliphatic heterocycles. The number of benzene rings is 1. The van der Waals surface area contributed by atoms with E-state index in [-0.39, 0.29) is 5.91 Å². The number of thiazole rings is 1. The van der Waals surface area contributed by atoms with Crippen LogP contribution in [0, 0.1) is 0 Å². The van der Waals surface area contributed by atoms with Crippen LogP contribution in [0.5, 0.6) is 0 Å². The Hall–Kier alpha value is -2.44. The van der Waals surface area contributed by atoms with Crippen LogP contribution >= 0.6 is 22.7 Å². The Morgan fingerprint density at radius 2 is 2.04 bits per heavy atom. The Morgan fingerprint density at radius 3 is 2.88 bits per heavy atom. The molecule has 6 heteroatoms. The van der Waals surface area contributed by atoms with E-state index in [1.165, 1.54) is 21.1 Å². The molecule has 0 saturated heterocycles. The predicted molar refractivity (Wildman–Crippen MR) is 97.7 cm³/mol. The summed E-state index contributed by atoms with van der Waals surface area (Å²) >= 11 is 3.14. The summed E-state index contributed by atoms with van der Waals surface area (Å²) in [6, 6.07) is 13.9. The molecule has 3 aromatic heterocycles. The lowest BCUT2D eigenvalue weighted by Crippen LogP contribution is -2.25. The molecule has 3 heterocycles. The Bertz CT molecular complexity index is 937. The number of furan rings is 1. The van der Waals surface area contributed by atoms with E-state index in [2.05, 4.69) is 22.4 Å². The van der Waals surface area contributed by atoms with Crippen LogP contribution in [-0.4, -0.2) is 17.4 Å². The number of carbonyl (C=O) groups excluding carboxylic acids is 1. The van der Waals surface area contributed by atoms with Crippen molar-refractivity contribution in [2.75, 3.05) is 6.54 Å². The molecule has 4 aromatic rings. The molecule has 0 fully saturated rings. The second kappa shape index (κ2) is 6.59. The van der Waals surface area contributed by atoms with Crippen molar-refractivity contribution in [2.45, 2.75) is 6.42 Å². The molecule has 0 atom stereocenters. The third-order valence-electron chi connectivity index (χ3n) is 3.61. The van der Waals surface area contributed by atoms with Crippen molar-refractivity contribution in [2.24, 2.45) is 0 Å². The molecule has 0 spiro atoms. The van der Waals surface area contributed by atoms with Gasteiger partial charge >= 0.3 is 0 Å². The summed E-state index contributed by atoms with van der Waals surface area (Å²) in [5.74, 6) is -0.109. The van der Waals surface area contributed by atoms with Gasteiger partial charge in [-0.3, -0.25) is 4.79 Å². The summed E-state index contributed by atoms with van der Waals surface area (Å²) in [5, 5.41) is 3.46. The topological polar surface area (TPSA) is 55.1 Å². The molecule has 0 unspecified atom stereocenters. The van der Waals surface area contributed by atoms with Crippen molar-refractivity contribution in [3.8, 4) is 10.4 Å². The average Bonchev–Trinajstić information content (AvgIpc) is 3.33. The molecule has 0 bridgehead atoms. The molecule has 120 valence electrons. The van der Waals surface area contributed by atoms with Crippen LogP contribution in [0.25, 0.3) is 20.7 Å². The molecule has 24 heavy (non-hydrogen) atoms. The third kappa shape index (κ3) is 3.11. The highest BCUT2D eigenvalue weighted by atomic mass is 32.1. The number of fused-ring (bicyclic) bond motifs is 1. The zero-order valence-corrected chi connectivity index (χ0v) is 14.3. The van der Waals surface area contributed by atoms with Gasteiger partial charge in [0.25, 0.3) is 5.91 Å². The molecule has 0 radical (unpaired) electrons. The number of hydrogen-bond acceptors (Lipinski definition) is 5. The second-order valence-corrected chi connectivity index (χ2v) is 7.47. The van der Waals surface area contributed by atoms with Crippen LogP contribution in [0.2, 0.25) is 0 Å². The van der Waals surface area contributed by atoms with Gasteiger partial charge in [-0.1, -0.05) is 12.1 Å². The van der Waals surface area contributed by atoms with Crippen LogP contribution in [-0.2, 0) is 6.42 Å². The lowest BCUT2D eigenvalue weighted by molar-refractivity contribution is 0.0954. The lowest BCUT2D eigenvalue weighted by atomic mass is 10.3. The number of aromatic nitrogens is 1. The number of hydrogen-bond donors (Lipinski definition) is 1. The van der Waals surface area contributed by atoms with Crippen LogP contribution in [0.4, 0.5) is 0 Å². The maximum absolute atomic E-state index is 12.2. The fourth-order valence-corrected chi connectivity index (χ4v) is 4.29. The van der Waals surface area contributed by atoms with E-state index < -0.39 is 0 Å². The Kier molecular flexibility index (Phi) is 4.15. The zero-order chi connectivity index (χ0) is 16.4. The van der Waals surface area contributed by atoms with Gasteiger partial charge in [-0.25, -0.2) is 4.98 Å². The van der Waals surface area contributed by atoms with Crippen molar-refractivity contribution in [3.05, 3.63) is 64.9 Å². The minimum Gasteiger partial charge on any atom is -0.472 e. The summed E-state index contributed by atoms with van der Waals surface area (Å²) in [4.78, 5) is 19.0. The Labute approximate surface area is 146 Å². The van der Waals surface area contributed by atoms with E-state index >= 15 is 0 Å². The predicted octanol–water partition coefficient (Wildman–Crippen LogP) is 4.59. The van der Waals surface area contributed by atoms with E-state index in [9.17, 15) is 4.79 Å². The molecule has 0 saturated carbocycles. The first-order valence-electron chi connectivity index (χ1n) is 7.55. The molecule has 1 amide bonds. The summed E-state index contributed by atoms with van der Waals surface area (Å²) in [6.07, 6.45) is 4.22. The smallest absolute Gasteiger partial charge is 0.280 e. The summed E-state index contributed by atoms with van der Waals surface area (Å²) < 4.78 is 6.14. The van der Waals surface area contributed by atoms with Gasteiger partial charge in [-0.05, 0) is 36.8 Å². The van der Waals surface area contributed by atoms with Crippen LogP contribution in [0.3, 0.4) is 0 Å². The monoisotopic (exact) mass is 354 g/mol. The fraction of sp³-hybridized carbons (Fsp3) is 0.111. The first-order chi connectivity index (χ1) is 11.8. The molecule has 1 aromatic carbocycles. The number of nitrogens with zero attached hydrogens (tertiary/aromatic N) is 1. The van der Waals surface area contributed by atoms with Crippen molar-refractivity contribution >= 4 is 38.8 Å². The van der Waals surface area contributed by atoms with Crippen molar-refractivity contribution in [1.29, 1.82) is 0 Å². The van der Waals surface area contributed by atoms with Crippen LogP contribution in [0.15, 0.2) is 59.4 Å². The summed E-state index contributed by atoms with van der Waals surface area (Å²) in [6.45, 7) is 0.597. The average molecular weight is 354 g/mol. The molecule has 4 rings (SSSR count). The fourth-order valence-electron chi connectivity index (χ4n) is 2.42. The van der Waals surface area contributed by atoms with Crippen molar-refractivity contribution < 1.29 is 9.21 Å². The normalized spacial score (nSPS) is 11.0. The summed E-state index contributed by atoms with van der Waals surface area (Å²) in [7, 11) is 0. The highest BCUT2D eigenvalue weighted by Crippen LogP contribution is 2.28. The Morgan fingerprint density at radius 1 is 1.12 bits per heavy atom. The van der Waals surface area contributed by atoms with Gasteiger partial charge in [0.05, 0.1) is 22.7 Å². The van der Waals surface area contributed by atoms with Crippen LogP contribution in [0.1, 0.15) is 14.7 Å². The van der Waals surface area contributed by atoms with Gasteiger partial charge in [-0.15, -0.1) is 22.7 Å². The maximum Gasteiger partial charge on any atom is 0.280 e. The van der Waals surface area contributed by atoms with Gasteiger partial charge in [-0.2, -0.15) is 0 Å². The quantitative estimate of drug-likeness (QED) is 0.570. The number of amides is 1.